The van der Waals surface area contributed by atoms with Crippen LogP contribution in [0, 0.1) is 0 Å². The van der Waals surface area contributed by atoms with E-state index < -0.39 is 31.0 Å². The molecule has 0 aliphatic rings. The van der Waals surface area contributed by atoms with Crippen LogP contribution in [-0.4, -0.2) is 23.7 Å². The molecule has 0 N–H and O–H groups in total. The Labute approximate surface area is 135 Å². The van der Waals surface area contributed by atoms with Crippen molar-refractivity contribution in [3.8, 4) is 0 Å². The van der Waals surface area contributed by atoms with Gasteiger partial charge in [0.2, 0.25) is 0 Å². The van der Waals surface area contributed by atoms with Crippen LogP contribution >= 0.6 is 7.37 Å². The normalized spacial score (nSPS) is 15.3. The Morgan fingerprint density at radius 1 is 0.667 bits per heavy atom. The number of hydrogen-bond donors (Lipinski definition) is 0. The minimum atomic E-state index is -8.51. The first-order chi connectivity index (χ1) is 7.00. The molecule has 0 fully saturated rings. The van der Waals surface area contributed by atoms with Gasteiger partial charge in [-0.25, -0.2) is 0 Å². The van der Waals surface area contributed by atoms with E-state index in [1.165, 1.54) is 0 Å². The van der Waals surface area contributed by atoms with Gasteiger partial charge in [0.15, 0.2) is 7.37 Å². The van der Waals surface area contributed by atoms with Crippen molar-refractivity contribution in [2.75, 3.05) is 0 Å². The molecule has 0 aromatic rings. The summed E-state index contributed by atoms with van der Waals surface area (Å²) in [7, 11) is -8.51. The predicted octanol–water partition coefficient (Wildman–Crippen LogP) is -0.0610. The minimum Gasteiger partial charge on any atom is -0.790 e. The van der Waals surface area contributed by atoms with E-state index in [0.717, 1.165) is 0 Å². The van der Waals surface area contributed by atoms with Crippen molar-refractivity contribution < 1.29 is 105 Å². The smallest absolute Gasteiger partial charge is 0.790 e. The second kappa shape index (κ2) is 5.49. The van der Waals surface area contributed by atoms with E-state index >= 15 is 0 Å². The van der Waals surface area contributed by atoms with Crippen LogP contribution in [0.3, 0.4) is 0 Å². The summed E-state index contributed by atoms with van der Waals surface area (Å²) in [6.07, 6.45) is -14.2. The molecule has 0 heterocycles. The average Bonchev–Trinajstić information content (AvgIpc) is 1.98. The number of hydrogen-bond acceptors (Lipinski definition) is 2. The van der Waals surface area contributed by atoms with Crippen molar-refractivity contribution in [1.82, 2.24) is 0 Å². The molecule has 18 heavy (non-hydrogen) atoms. The van der Waals surface area contributed by atoms with Gasteiger partial charge in [0, 0.05) is 0 Å². The maximum Gasteiger partial charge on any atom is 1.00 e. The molecule has 2 nitrogen and oxygen atoms in total. The Bertz CT molecular complexity index is 315. The first-order valence-electron chi connectivity index (χ1n) is 3.20. The van der Waals surface area contributed by atoms with E-state index in [0.29, 0.717) is 0 Å². The molecule has 0 amide bonds. The van der Waals surface area contributed by atoms with Gasteiger partial charge in [-0.05, 0) is 0 Å². The molecule has 0 bridgehead atoms. The Balaban J connectivity index is 0. The molecule has 0 atom stereocenters. The number of alkyl halides is 10. The van der Waals surface area contributed by atoms with Crippen LogP contribution in [0.25, 0.3) is 0 Å². The van der Waals surface area contributed by atoms with Crippen LogP contribution in [0.2, 0.25) is 0 Å². The van der Waals surface area contributed by atoms with Gasteiger partial charge in [0.05, 0.1) is 0 Å². The van der Waals surface area contributed by atoms with Crippen LogP contribution in [-0.2, 0) is 4.57 Å². The van der Waals surface area contributed by atoms with E-state index in [-0.39, 0.29) is 51.4 Å². The molecular formula is C4F10KO2P. The fourth-order valence-electron chi connectivity index (χ4n) is 0.510. The summed E-state index contributed by atoms with van der Waals surface area (Å²) in [6, 6.07) is 0. The van der Waals surface area contributed by atoms with Gasteiger partial charge in [0.1, 0.15) is 0 Å². The first kappa shape index (κ1) is 21.4. The summed E-state index contributed by atoms with van der Waals surface area (Å²) >= 11 is 0. The Hall–Kier alpha value is 1.13. The van der Waals surface area contributed by atoms with Crippen LogP contribution in [0.1, 0.15) is 0 Å². The molecule has 0 aliphatic carbocycles. The molecule has 0 rings (SSSR count). The van der Waals surface area contributed by atoms with Crippen molar-refractivity contribution in [3.05, 3.63) is 0 Å². The van der Waals surface area contributed by atoms with E-state index in [4.69, 9.17) is 0 Å². The maximum atomic E-state index is 12.1. The Morgan fingerprint density at radius 2 is 0.833 bits per heavy atom. The summed E-state index contributed by atoms with van der Waals surface area (Å²) in [4.78, 5) is 10.1. The van der Waals surface area contributed by atoms with Crippen molar-refractivity contribution in [2.45, 2.75) is 23.7 Å². The van der Waals surface area contributed by atoms with E-state index in [2.05, 4.69) is 0 Å². The van der Waals surface area contributed by atoms with Crippen molar-refractivity contribution in [3.63, 3.8) is 0 Å². The SMILES string of the molecule is O=P([O-])(C(F)(F)C(F)(F)F)C(F)(F)C(F)(F)F.[K+]. The largest absolute Gasteiger partial charge is 1.00 e. The molecule has 0 saturated carbocycles. The van der Waals surface area contributed by atoms with Crippen LogP contribution in [0.4, 0.5) is 43.9 Å². The standard InChI is InChI=1S/C4HF10O2P.K/c5-1(6,7)3(11,12)17(15,16)4(13,14)2(8,9)10;/h(H,15,16);/q;+1/p-1. The van der Waals surface area contributed by atoms with Gasteiger partial charge in [-0.3, -0.25) is 0 Å². The molecule has 0 aromatic heterocycles. The zero-order valence-electron chi connectivity index (χ0n) is 8.04. The zero-order valence-corrected chi connectivity index (χ0v) is 12.1. The van der Waals surface area contributed by atoms with Crippen molar-refractivity contribution in [1.29, 1.82) is 0 Å². The van der Waals surface area contributed by atoms with Gasteiger partial charge < -0.3 is 9.46 Å². The fraction of sp³-hybridized carbons (Fsp3) is 1.00. The molecular weight excluding hydrogens is 340 g/mol. The zero-order chi connectivity index (χ0) is 14.5. The Morgan fingerprint density at radius 3 is 0.944 bits per heavy atom. The van der Waals surface area contributed by atoms with Crippen LogP contribution in [0.5, 0.6) is 0 Å². The van der Waals surface area contributed by atoms with Crippen LogP contribution in [0.15, 0.2) is 0 Å². The third-order valence-electron chi connectivity index (χ3n) is 1.42. The summed E-state index contributed by atoms with van der Waals surface area (Å²) in [5.41, 5.74) is -14.4. The molecule has 0 spiro atoms. The van der Waals surface area contributed by atoms with Gasteiger partial charge in [-0.15, -0.1) is 0 Å². The molecule has 0 saturated heterocycles. The average molecular weight is 340 g/mol. The van der Waals surface area contributed by atoms with E-state index in [1.807, 2.05) is 0 Å². The van der Waals surface area contributed by atoms with Crippen molar-refractivity contribution >= 4 is 7.37 Å². The quantitative estimate of drug-likeness (QED) is 0.402. The monoisotopic (exact) mass is 340 g/mol. The molecule has 0 aliphatic heterocycles. The molecule has 104 valence electrons. The summed E-state index contributed by atoms with van der Waals surface area (Å²) < 4.78 is 127. The van der Waals surface area contributed by atoms with Gasteiger partial charge >= 0.3 is 75.1 Å². The fourth-order valence-corrected chi connectivity index (χ4v) is 1.53. The molecule has 0 radical (unpaired) electrons. The summed E-state index contributed by atoms with van der Waals surface area (Å²) in [6.45, 7) is 0. The van der Waals surface area contributed by atoms with Gasteiger partial charge in [0.25, 0.3) is 0 Å². The minimum absolute atomic E-state index is 0. The molecule has 0 aromatic carbocycles. The topological polar surface area (TPSA) is 40.1 Å². The van der Waals surface area contributed by atoms with Crippen LogP contribution < -0.4 is 56.3 Å². The predicted molar refractivity (Wildman–Crippen MR) is 29.6 cm³/mol. The first-order valence-corrected chi connectivity index (χ1v) is 4.83. The second-order valence-electron chi connectivity index (χ2n) is 2.63. The van der Waals surface area contributed by atoms with E-state index in [1.54, 1.807) is 0 Å². The number of rotatable bonds is 2. The third-order valence-corrected chi connectivity index (χ3v) is 3.41. The third kappa shape index (κ3) is 3.23. The van der Waals surface area contributed by atoms with Gasteiger partial charge in [-0.2, -0.15) is 43.9 Å². The maximum absolute atomic E-state index is 12.1. The summed E-state index contributed by atoms with van der Waals surface area (Å²) in [5, 5.41) is 0. The van der Waals surface area contributed by atoms with Gasteiger partial charge in [-0.1, -0.05) is 0 Å². The second-order valence-corrected chi connectivity index (χ2v) is 4.86. The molecule has 14 heteroatoms. The Kier molecular flexibility index (Phi) is 6.53. The number of halogens is 10. The van der Waals surface area contributed by atoms with Crippen molar-refractivity contribution in [2.24, 2.45) is 0 Å². The molecule has 0 unspecified atom stereocenters. The summed E-state index contributed by atoms with van der Waals surface area (Å²) in [5.74, 6) is 0. The van der Waals surface area contributed by atoms with E-state index in [9.17, 15) is 53.4 Å².